The number of thioether (sulfide) groups is 1. The first-order valence-corrected chi connectivity index (χ1v) is 10.2. The van der Waals surface area contributed by atoms with E-state index < -0.39 is 6.04 Å². The normalized spacial score (nSPS) is 11.7. The van der Waals surface area contributed by atoms with Crippen molar-refractivity contribution in [1.29, 1.82) is 0 Å². The van der Waals surface area contributed by atoms with E-state index in [4.69, 9.17) is 11.6 Å². The number of hydrogen-bond donors (Lipinski definition) is 1. The zero-order chi connectivity index (χ0) is 19.8. The lowest BCUT2D eigenvalue weighted by atomic mass is 10.1. The Balaban J connectivity index is 2.03. The summed E-state index contributed by atoms with van der Waals surface area (Å²) < 4.78 is 0. The highest BCUT2D eigenvalue weighted by atomic mass is 35.5. The Kier molecular flexibility index (Phi) is 8.20. The van der Waals surface area contributed by atoms with Gasteiger partial charge in [0.15, 0.2) is 0 Å². The van der Waals surface area contributed by atoms with Crippen LogP contribution in [0.15, 0.2) is 53.4 Å². The van der Waals surface area contributed by atoms with Gasteiger partial charge in [0, 0.05) is 35.7 Å². The third-order valence-electron chi connectivity index (χ3n) is 4.26. The summed E-state index contributed by atoms with van der Waals surface area (Å²) >= 11 is 7.69. The highest BCUT2D eigenvalue weighted by Crippen LogP contribution is 2.21. The summed E-state index contributed by atoms with van der Waals surface area (Å²) in [4.78, 5) is 27.7. The predicted molar refractivity (Wildman–Crippen MR) is 112 cm³/mol. The van der Waals surface area contributed by atoms with Gasteiger partial charge in [-0.1, -0.05) is 41.4 Å². The molecule has 1 unspecified atom stereocenters. The molecule has 2 amide bonds. The van der Waals surface area contributed by atoms with Gasteiger partial charge in [0.1, 0.15) is 6.04 Å². The Bertz CT molecular complexity index is 780. The standard InChI is InChI=1S/C21H25ClN2O2S/c1-15-7-9-19(10-8-15)27-12-11-20(25)24(16(2)21(26)23-3)14-17-5-4-6-18(22)13-17/h4-10,13,16H,11-12,14H2,1-3H3,(H,23,26). The molecule has 0 aliphatic carbocycles. The summed E-state index contributed by atoms with van der Waals surface area (Å²) in [7, 11) is 1.58. The first-order chi connectivity index (χ1) is 12.9. The molecule has 1 N–H and O–H groups in total. The number of rotatable bonds is 8. The minimum absolute atomic E-state index is 0.0503. The molecule has 0 fully saturated rings. The van der Waals surface area contributed by atoms with Crippen LogP contribution in [0.2, 0.25) is 5.02 Å². The van der Waals surface area contributed by atoms with E-state index >= 15 is 0 Å². The monoisotopic (exact) mass is 404 g/mol. The molecule has 0 saturated heterocycles. The van der Waals surface area contributed by atoms with E-state index in [9.17, 15) is 9.59 Å². The van der Waals surface area contributed by atoms with Crippen molar-refractivity contribution in [2.75, 3.05) is 12.8 Å². The Morgan fingerprint density at radius 2 is 1.89 bits per heavy atom. The van der Waals surface area contributed by atoms with E-state index in [1.165, 1.54) is 5.56 Å². The summed E-state index contributed by atoms with van der Waals surface area (Å²) in [6.45, 7) is 4.14. The molecule has 2 aromatic rings. The molecule has 1 atom stereocenters. The lowest BCUT2D eigenvalue weighted by Crippen LogP contribution is -2.46. The molecule has 144 valence electrons. The Hall–Kier alpha value is -1.98. The summed E-state index contributed by atoms with van der Waals surface area (Å²) in [6.07, 6.45) is 0.362. The summed E-state index contributed by atoms with van der Waals surface area (Å²) in [5.41, 5.74) is 2.11. The number of carbonyl (C=O) groups is 2. The smallest absolute Gasteiger partial charge is 0.242 e. The average Bonchev–Trinajstić information content (AvgIpc) is 2.66. The van der Waals surface area contributed by atoms with Gasteiger partial charge >= 0.3 is 0 Å². The van der Waals surface area contributed by atoms with Crippen LogP contribution in [-0.4, -0.2) is 35.6 Å². The van der Waals surface area contributed by atoms with E-state index in [0.29, 0.717) is 23.7 Å². The second kappa shape index (κ2) is 10.4. The molecule has 27 heavy (non-hydrogen) atoms. The van der Waals surface area contributed by atoms with Crippen LogP contribution in [-0.2, 0) is 16.1 Å². The fraction of sp³-hybridized carbons (Fsp3) is 0.333. The molecule has 0 heterocycles. The number of aryl methyl sites for hydroxylation is 1. The van der Waals surface area contributed by atoms with Gasteiger partial charge in [-0.05, 0) is 43.7 Å². The molecular formula is C21H25ClN2O2S. The number of halogens is 1. The van der Waals surface area contributed by atoms with Crippen molar-refractivity contribution >= 4 is 35.2 Å². The molecular weight excluding hydrogens is 380 g/mol. The number of nitrogens with one attached hydrogen (secondary N) is 1. The van der Waals surface area contributed by atoms with E-state index in [0.717, 1.165) is 10.5 Å². The van der Waals surface area contributed by atoms with Crippen molar-refractivity contribution in [3.05, 3.63) is 64.7 Å². The quantitative estimate of drug-likeness (QED) is 0.667. The molecule has 0 saturated carbocycles. The second-order valence-electron chi connectivity index (χ2n) is 6.35. The minimum Gasteiger partial charge on any atom is -0.357 e. The summed E-state index contributed by atoms with van der Waals surface area (Å²) in [6, 6.07) is 15.0. The minimum atomic E-state index is -0.550. The van der Waals surface area contributed by atoms with E-state index in [-0.39, 0.29) is 11.8 Å². The molecule has 4 nitrogen and oxygen atoms in total. The SMILES string of the molecule is CNC(=O)C(C)N(Cc1cccc(Cl)c1)C(=O)CCSc1ccc(C)cc1. The molecule has 0 aromatic heterocycles. The Labute approximate surface area is 170 Å². The van der Waals surface area contributed by atoms with Crippen LogP contribution in [0.3, 0.4) is 0 Å². The molecule has 0 aliphatic rings. The van der Waals surface area contributed by atoms with Gasteiger partial charge in [0.2, 0.25) is 11.8 Å². The van der Waals surface area contributed by atoms with Crippen molar-refractivity contribution in [1.82, 2.24) is 10.2 Å². The van der Waals surface area contributed by atoms with Crippen molar-refractivity contribution < 1.29 is 9.59 Å². The van der Waals surface area contributed by atoms with Crippen molar-refractivity contribution in [2.45, 2.75) is 37.8 Å². The van der Waals surface area contributed by atoms with Crippen molar-refractivity contribution in [2.24, 2.45) is 0 Å². The maximum absolute atomic E-state index is 12.8. The fourth-order valence-corrected chi connectivity index (χ4v) is 3.71. The van der Waals surface area contributed by atoms with Crippen LogP contribution in [0.5, 0.6) is 0 Å². The maximum atomic E-state index is 12.8. The lowest BCUT2D eigenvalue weighted by Gasteiger charge is -2.28. The number of benzene rings is 2. The van der Waals surface area contributed by atoms with Crippen LogP contribution < -0.4 is 5.32 Å². The highest BCUT2D eigenvalue weighted by Gasteiger charge is 2.25. The largest absolute Gasteiger partial charge is 0.357 e. The van der Waals surface area contributed by atoms with Gasteiger partial charge in [-0.3, -0.25) is 9.59 Å². The third kappa shape index (κ3) is 6.60. The first-order valence-electron chi connectivity index (χ1n) is 8.85. The Morgan fingerprint density at radius 1 is 1.19 bits per heavy atom. The molecule has 6 heteroatoms. The van der Waals surface area contributed by atoms with Crippen LogP contribution in [0, 0.1) is 6.92 Å². The van der Waals surface area contributed by atoms with E-state index in [1.54, 1.807) is 36.7 Å². The first kappa shape index (κ1) is 21.3. The zero-order valence-electron chi connectivity index (χ0n) is 15.9. The number of hydrogen-bond acceptors (Lipinski definition) is 3. The van der Waals surface area contributed by atoms with Gasteiger partial charge in [-0.15, -0.1) is 11.8 Å². The van der Waals surface area contributed by atoms with Crippen LogP contribution in [0.1, 0.15) is 24.5 Å². The van der Waals surface area contributed by atoms with Gasteiger partial charge in [0.25, 0.3) is 0 Å². The number of likely N-dealkylation sites (N-methyl/N-ethyl adjacent to an activating group) is 1. The van der Waals surface area contributed by atoms with Crippen molar-refractivity contribution in [3.8, 4) is 0 Å². The molecule has 0 radical (unpaired) electrons. The zero-order valence-corrected chi connectivity index (χ0v) is 17.4. The fourth-order valence-electron chi connectivity index (χ4n) is 2.66. The molecule has 2 aromatic carbocycles. The van der Waals surface area contributed by atoms with Gasteiger partial charge < -0.3 is 10.2 Å². The molecule has 2 rings (SSSR count). The Morgan fingerprint density at radius 3 is 2.52 bits per heavy atom. The maximum Gasteiger partial charge on any atom is 0.242 e. The number of carbonyl (C=O) groups excluding carboxylic acids is 2. The summed E-state index contributed by atoms with van der Waals surface area (Å²) in [5, 5.41) is 3.23. The van der Waals surface area contributed by atoms with Gasteiger partial charge in [-0.25, -0.2) is 0 Å². The third-order valence-corrected chi connectivity index (χ3v) is 5.51. The average molecular weight is 405 g/mol. The molecule has 0 bridgehead atoms. The topological polar surface area (TPSA) is 49.4 Å². The number of nitrogens with zero attached hydrogens (tertiary/aromatic N) is 1. The molecule has 0 aliphatic heterocycles. The highest BCUT2D eigenvalue weighted by molar-refractivity contribution is 7.99. The molecule has 0 spiro atoms. The van der Waals surface area contributed by atoms with Gasteiger partial charge in [-0.2, -0.15) is 0 Å². The van der Waals surface area contributed by atoms with Crippen LogP contribution in [0.4, 0.5) is 0 Å². The van der Waals surface area contributed by atoms with Crippen molar-refractivity contribution in [3.63, 3.8) is 0 Å². The van der Waals surface area contributed by atoms with Crippen LogP contribution >= 0.6 is 23.4 Å². The van der Waals surface area contributed by atoms with E-state index in [1.807, 2.05) is 25.1 Å². The number of amides is 2. The second-order valence-corrected chi connectivity index (χ2v) is 7.96. The van der Waals surface area contributed by atoms with E-state index in [2.05, 4.69) is 29.6 Å². The van der Waals surface area contributed by atoms with Gasteiger partial charge in [0.05, 0.1) is 0 Å². The summed E-state index contributed by atoms with van der Waals surface area (Å²) in [5.74, 6) is 0.427. The predicted octanol–water partition coefficient (Wildman–Crippen LogP) is 4.29. The lowest BCUT2D eigenvalue weighted by molar-refractivity contribution is -0.140. The van der Waals surface area contributed by atoms with Crippen LogP contribution in [0.25, 0.3) is 0 Å².